The second kappa shape index (κ2) is 9.84. The highest BCUT2D eigenvalue weighted by molar-refractivity contribution is 14.1. The molecule has 6 heteroatoms. The minimum Gasteiger partial charge on any atom is -0.267 e. The van der Waals surface area contributed by atoms with E-state index >= 15 is 0 Å². The highest BCUT2D eigenvalue weighted by Gasteiger charge is 2.14. The zero-order valence-electron chi connectivity index (χ0n) is 18.1. The van der Waals surface area contributed by atoms with Gasteiger partial charge in [-0.3, -0.25) is 25.4 Å². The summed E-state index contributed by atoms with van der Waals surface area (Å²) in [5, 5.41) is 1.02. The van der Waals surface area contributed by atoms with Gasteiger partial charge in [-0.1, -0.05) is 48.2 Å². The van der Waals surface area contributed by atoms with Crippen LogP contribution in [0.4, 0.5) is 0 Å². The lowest BCUT2D eigenvalue weighted by Crippen LogP contribution is -2.42. The number of aryl methyl sites for hydroxylation is 2. The van der Waals surface area contributed by atoms with E-state index in [2.05, 4.69) is 50.3 Å². The van der Waals surface area contributed by atoms with Gasteiger partial charge in [-0.25, -0.2) is 0 Å². The van der Waals surface area contributed by atoms with E-state index in [0.717, 1.165) is 36.7 Å². The number of aromatic nitrogens is 1. The van der Waals surface area contributed by atoms with Gasteiger partial charge in [0.05, 0.1) is 11.1 Å². The van der Waals surface area contributed by atoms with Crippen molar-refractivity contribution in [1.82, 2.24) is 15.8 Å². The number of nitrogens with zero attached hydrogens (tertiary/aromatic N) is 1. The van der Waals surface area contributed by atoms with Crippen LogP contribution in [-0.2, 0) is 0 Å². The summed E-state index contributed by atoms with van der Waals surface area (Å²) < 4.78 is 0.815. The lowest BCUT2D eigenvalue weighted by Gasteiger charge is -2.11. The van der Waals surface area contributed by atoms with Crippen LogP contribution >= 0.6 is 22.6 Å². The van der Waals surface area contributed by atoms with E-state index in [1.54, 1.807) is 18.3 Å². The highest BCUT2D eigenvalue weighted by Crippen LogP contribution is 2.16. The molecule has 2 N–H and O–H groups in total. The van der Waals surface area contributed by atoms with Gasteiger partial charge >= 0.3 is 0 Å². The van der Waals surface area contributed by atoms with Gasteiger partial charge in [0.15, 0.2) is 0 Å². The van der Waals surface area contributed by atoms with E-state index in [0.29, 0.717) is 11.1 Å². The van der Waals surface area contributed by atoms with Crippen molar-refractivity contribution < 1.29 is 9.59 Å². The minimum absolute atomic E-state index is 0.359. The molecule has 0 saturated carbocycles. The first-order valence-corrected chi connectivity index (χ1v) is 11.3. The smallest absolute Gasteiger partial charge is 0.267 e. The summed E-state index contributed by atoms with van der Waals surface area (Å²) in [5.41, 5.74) is 10.2. The van der Waals surface area contributed by atoms with Crippen molar-refractivity contribution in [3.05, 3.63) is 110 Å². The summed E-state index contributed by atoms with van der Waals surface area (Å²) in [6, 6.07) is 20.7. The molecule has 0 saturated heterocycles. The number of pyridine rings is 1. The van der Waals surface area contributed by atoms with Crippen LogP contribution in [0, 0.1) is 29.3 Å². The monoisotopic (exact) mass is 545 g/mol. The fourth-order valence-electron chi connectivity index (χ4n) is 3.34. The van der Waals surface area contributed by atoms with Crippen molar-refractivity contribution >= 4 is 45.3 Å². The van der Waals surface area contributed by atoms with Crippen molar-refractivity contribution in [1.29, 1.82) is 0 Å². The Morgan fingerprint density at radius 3 is 2.45 bits per heavy atom. The number of hydrogen-bond donors (Lipinski definition) is 2. The number of benzene rings is 3. The van der Waals surface area contributed by atoms with E-state index < -0.39 is 5.91 Å². The molecule has 0 bridgehead atoms. The van der Waals surface area contributed by atoms with Gasteiger partial charge in [-0.2, -0.15) is 0 Å². The summed E-state index contributed by atoms with van der Waals surface area (Å²) in [6.07, 6.45) is 1.74. The quantitative estimate of drug-likeness (QED) is 0.213. The van der Waals surface area contributed by atoms with Gasteiger partial charge < -0.3 is 0 Å². The third-order valence-electron chi connectivity index (χ3n) is 5.17. The minimum atomic E-state index is -0.414. The molecular formula is C27H20IN3O2. The van der Waals surface area contributed by atoms with Crippen molar-refractivity contribution in [3.63, 3.8) is 0 Å². The second-order valence-corrected chi connectivity index (χ2v) is 8.70. The number of para-hydroxylation sites is 1. The number of halogens is 1. The molecule has 33 heavy (non-hydrogen) atoms. The number of hydrogen-bond acceptors (Lipinski definition) is 3. The van der Waals surface area contributed by atoms with Crippen LogP contribution in [0.2, 0.25) is 0 Å². The Morgan fingerprint density at radius 2 is 1.64 bits per heavy atom. The number of carbonyl (C=O) groups is 2. The SMILES string of the molecule is Cc1ccc(C(=O)NNC(=O)c2c(C)cccc2I)cc1C#Cc1cnc2ccccc2c1. The van der Waals surface area contributed by atoms with E-state index in [-0.39, 0.29) is 5.91 Å². The van der Waals surface area contributed by atoms with Crippen LogP contribution in [0.15, 0.2) is 72.9 Å². The average Bonchev–Trinajstić information content (AvgIpc) is 2.81. The Balaban J connectivity index is 1.50. The summed E-state index contributed by atoms with van der Waals surface area (Å²) in [7, 11) is 0. The van der Waals surface area contributed by atoms with Gasteiger partial charge in [0.2, 0.25) is 0 Å². The molecule has 1 heterocycles. The molecule has 2 amide bonds. The number of rotatable bonds is 2. The summed E-state index contributed by atoms with van der Waals surface area (Å²) in [4.78, 5) is 29.6. The Kier molecular flexibility index (Phi) is 6.71. The lowest BCUT2D eigenvalue weighted by atomic mass is 10.0. The Morgan fingerprint density at radius 1 is 0.848 bits per heavy atom. The zero-order valence-corrected chi connectivity index (χ0v) is 20.2. The molecule has 4 aromatic rings. The zero-order chi connectivity index (χ0) is 23.4. The first-order chi connectivity index (χ1) is 15.9. The van der Waals surface area contributed by atoms with E-state index in [1.807, 2.05) is 68.4 Å². The van der Waals surface area contributed by atoms with Crippen LogP contribution in [0.3, 0.4) is 0 Å². The van der Waals surface area contributed by atoms with Gasteiger partial charge in [-0.15, -0.1) is 0 Å². The molecule has 0 atom stereocenters. The Hall–Kier alpha value is -3.70. The van der Waals surface area contributed by atoms with Crippen LogP contribution in [-0.4, -0.2) is 16.8 Å². The summed E-state index contributed by atoms with van der Waals surface area (Å²) >= 11 is 2.10. The number of nitrogens with one attached hydrogen (secondary N) is 2. The van der Waals surface area contributed by atoms with Crippen molar-refractivity contribution in [2.24, 2.45) is 0 Å². The number of carbonyl (C=O) groups excluding carboxylic acids is 2. The molecular weight excluding hydrogens is 525 g/mol. The molecule has 5 nitrogen and oxygen atoms in total. The van der Waals surface area contributed by atoms with Crippen LogP contribution < -0.4 is 10.9 Å². The summed E-state index contributed by atoms with van der Waals surface area (Å²) in [6.45, 7) is 3.79. The molecule has 4 rings (SSSR count). The fraction of sp³-hybridized carbons (Fsp3) is 0.0741. The third-order valence-corrected chi connectivity index (χ3v) is 6.07. The predicted molar refractivity (Wildman–Crippen MR) is 138 cm³/mol. The van der Waals surface area contributed by atoms with Gasteiger partial charge in [0.25, 0.3) is 11.8 Å². The molecule has 0 aliphatic carbocycles. The van der Waals surface area contributed by atoms with E-state index in [1.165, 1.54) is 0 Å². The molecule has 0 aliphatic rings. The van der Waals surface area contributed by atoms with Crippen molar-refractivity contribution in [2.75, 3.05) is 0 Å². The lowest BCUT2D eigenvalue weighted by molar-refractivity contribution is 0.0846. The maximum atomic E-state index is 12.6. The molecule has 162 valence electrons. The molecule has 3 aromatic carbocycles. The second-order valence-electron chi connectivity index (χ2n) is 7.54. The molecule has 0 fully saturated rings. The Bertz CT molecular complexity index is 1430. The maximum Gasteiger partial charge on any atom is 0.271 e. The number of hydrazine groups is 1. The molecule has 1 aromatic heterocycles. The molecule has 0 radical (unpaired) electrons. The molecule has 0 aliphatic heterocycles. The van der Waals surface area contributed by atoms with Crippen LogP contribution in [0.1, 0.15) is 43.0 Å². The topological polar surface area (TPSA) is 71.1 Å². The van der Waals surface area contributed by atoms with Crippen molar-refractivity contribution in [3.8, 4) is 11.8 Å². The normalized spacial score (nSPS) is 10.3. The van der Waals surface area contributed by atoms with E-state index in [9.17, 15) is 9.59 Å². The van der Waals surface area contributed by atoms with Crippen LogP contribution in [0.25, 0.3) is 10.9 Å². The van der Waals surface area contributed by atoms with Gasteiger partial charge in [0, 0.05) is 31.8 Å². The van der Waals surface area contributed by atoms with Crippen molar-refractivity contribution in [2.45, 2.75) is 13.8 Å². The number of amides is 2. The van der Waals surface area contributed by atoms with Gasteiger partial charge in [0.1, 0.15) is 0 Å². The van der Waals surface area contributed by atoms with Gasteiger partial charge in [-0.05, 0) is 77.9 Å². The first kappa shape index (κ1) is 22.5. The number of fused-ring (bicyclic) bond motifs is 1. The average molecular weight is 545 g/mol. The first-order valence-electron chi connectivity index (χ1n) is 10.3. The Labute approximate surface area is 205 Å². The fourth-order valence-corrected chi connectivity index (χ4v) is 4.22. The van der Waals surface area contributed by atoms with E-state index in [4.69, 9.17) is 0 Å². The largest absolute Gasteiger partial charge is 0.271 e. The standard InChI is InChI=1S/C27H20IN3O2/c1-17-10-12-22(26(32)30-31-27(33)25-18(2)6-5-8-23(25)28)15-20(17)13-11-19-14-21-7-3-4-9-24(21)29-16-19/h3-10,12,14-16H,1-2H3,(H,30,32)(H,31,33). The predicted octanol–water partition coefficient (Wildman–Crippen LogP) is 4.93. The highest BCUT2D eigenvalue weighted by atomic mass is 127. The summed E-state index contributed by atoms with van der Waals surface area (Å²) in [5.74, 6) is 5.49. The molecule has 0 unspecified atom stereocenters. The molecule has 0 spiro atoms. The van der Waals surface area contributed by atoms with Crippen LogP contribution in [0.5, 0.6) is 0 Å². The third kappa shape index (κ3) is 5.21. The maximum absolute atomic E-state index is 12.6.